The monoisotopic (exact) mass is 370 g/mol. The molecule has 0 aliphatic heterocycles. The smallest absolute Gasteiger partial charge is 0.744 e. The summed E-state index contributed by atoms with van der Waals surface area (Å²) >= 11 is 0. The first-order valence-electron chi connectivity index (χ1n) is 8.32. The van der Waals surface area contributed by atoms with Gasteiger partial charge < -0.3 is 9.29 Å². The summed E-state index contributed by atoms with van der Waals surface area (Å²) in [6.07, 6.45) is 7.03. The number of rotatable bonds is 9. The summed E-state index contributed by atoms with van der Waals surface area (Å²) in [5, 5.41) is 0. The van der Waals surface area contributed by atoms with Crippen molar-refractivity contribution in [1.29, 1.82) is 0 Å². The van der Waals surface area contributed by atoms with E-state index in [9.17, 15) is 13.0 Å². The Morgan fingerprint density at radius 2 is 1.56 bits per heavy atom. The Bertz CT molecular complexity index is 742. The minimum atomic E-state index is -4.43. The van der Waals surface area contributed by atoms with Crippen LogP contribution in [0.25, 0.3) is 0 Å². The molecule has 0 amide bonds. The van der Waals surface area contributed by atoms with Gasteiger partial charge in [-0.25, -0.2) is 8.42 Å². The molecule has 4 nitrogen and oxygen atoms in total. The van der Waals surface area contributed by atoms with Crippen LogP contribution >= 0.6 is 0 Å². The van der Waals surface area contributed by atoms with Gasteiger partial charge in [-0.05, 0) is 48.7 Å². The average molecular weight is 370 g/mol. The Hall–Kier alpha value is -0.850. The molecule has 130 valence electrons. The van der Waals surface area contributed by atoms with Gasteiger partial charge in [0.2, 0.25) is 0 Å². The van der Waals surface area contributed by atoms with Crippen molar-refractivity contribution in [3.8, 4) is 11.5 Å². The third kappa shape index (κ3) is 7.50. The molecular formula is C19H23NaO4S. The number of unbranched alkanes of at least 4 members (excludes halogenated alkanes) is 4. The second-order valence-corrected chi connectivity index (χ2v) is 7.18. The molecule has 2 rings (SSSR count). The molecule has 0 radical (unpaired) electrons. The number of hydrogen-bond acceptors (Lipinski definition) is 4. The van der Waals surface area contributed by atoms with Crippen LogP contribution < -0.4 is 34.3 Å². The molecule has 6 heteroatoms. The van der Waals surface area contributed by atoms with Gasteiger partial charge in [0, 0.05) is 0 Å². The van der Waals surface area contributed by atoms with Gasteiger partial charge in [0.05, 0.1) is 4.90 Å². The van der Waals surface area contributed by atoms with Gasteiger partial charge >= 0.3 is 29.6 Å². The summed E-state index contributed by atoms with van der Waals surface area (Å²) in [4.78, 5) is -0.251. The fraction of sp³-hybridized carbons (Fsp3) is 0.368. The van der Waals surface area contributed by atoms with Gasteiger partial charge in [-0.15, -0.1) is 0 Å². The second kappa shape index (κ2) is 11.0. The average Bonchev–Trinajstić information content (AvgIpc) is 2.56. The molecule has 0 aliphatic carbocycles. The minimum Gasteiger partial charge on any atom is -0.744 e. The second-order valence-electron chi connectivity index (χ2n) is 5.80. The predicted octanol–water partition coefficient (Wildman–Crippen LogP) is 1.90. The van der Waals surface area contributed by atoms with Crippen LogP contribution in [0.4, 0.5) is 0 Å². The van der Waals surface area contributed by atoms with E-state index in [0.29, 0.717) is 5.75 Å². The van der Waals surface area contributed by atoms with Crippen molar-refractivity contribution in [1.82, 2.24) is 0 Å². The molecule has 0 atom stereocenters. The Morgan fingerprint density at radius 3 is 2.20 bits per heavy atom. The first-order chi connectivity index (χ1) is 11.5. The summed E-state index contributed by atoms with van der Waals surface area (Å²) in [5.41, 5.74) is 1.13. The van der Waals surface area contributed by atoms with Crippen molar-refractivity contribution < 1.29 is 47.3 Å². The van der Waals surface area contributed by atoms with Crippen LogP contribution in [-0.4, -0.2) is 13.0 Å². The van der Waals surface area contributed by atoms with E-state index < -0.39 is 10.1 Å². The van der Waals surface area contributed by atoms with Crippen LogP contribution in [0.15, 0.2) is 53.4 Å². The van der Waals surface area contributed by atoms with Crippen LogP contribution in [0, 0.1) is 0 Å². The molecule has 0 aromatic heterocycles. The van der Waals surface area contributed by atoms with Crippen LogP contribution in [0.1, 0.15) is 44.6 Å². The zero-order chi connectivity index (χ0) is 17.4. The van der Waals surface area contributed by atoms with Gasteiger partial charge in [0.15, 0.2) is 0 Å². The standard InChI is InChI=1S/C19H24O4S.Na/c1-2-3-4-5-6-9-16-10-7-8-11-19(16)23-17-12-14-18(15-13-17)24(20,21)22;/h7-8,10-15H,2-6,9H2,1H3,(H,20,21,22);/q;+1/p-1. The quantitative estimate of drug-likeness (QED) is 0.384. The Labute approximate surface area is 172 Å². The number of benzene rings is 2. The van der Waals surface area contributed by atoms with Gasteiger partial charge in [-0.2, -0.15) is 0 Å². The van der Waals surface area contributed by atoms with Crippen molar-refractivity contribution in [3.63, 3.8) is 0 Å². The van der Waals surface area contributed by atoms with E-state index in [1.807, 2.05) is 24.3 Å². The Kier molecular flexibility index (Phi) is 9.75. The minimum absolute atomic E-state index is 0. The number of para-hydroxylation sites is 1. The topological polar surface area (TPSA) is 66.4 Å². The van der Waals surface area contributed by atoms with Crippen molar-refractivity contribution in [2.45, 2.75) is 50.3 Å². The summed E-state index contributed by atoms with van der Waals surface area (Å²) in [6.45, 7) is 2.20. The normalized spacial score (nSPS) is 11.0. The van der Waals surface area contributed by atoms with Crippen molar-refractivity contribution >= 4 is 10.1 Å². The molecule has 0 N–H and O–H groups in total. The fourth-order valence-electron chi connectivity index (χ4n) is 2.53. The summed E-state index contributed by atoms with van der Waals surface area (Å²) in [5.74, 6) is 1.28. The van der Waals surface area contributed by atoms with Crippen molar-refractivity contribution in [2.24, 2.45) is 0 Å². The molecule has 0 bridgehead atoms. The fourth-order valence-corrected chi connectivity index (χ4v) is 3.00. The van der Waals surface area contributed by atoms with Gasteiger partial charge in [-0.3, -0.25) is 0 Å². The van der Waals surface area contributed by atoms with Crippen LogP contribution in [-0.2, 0) is 16.5 Å². The largest absolute Gasteiger partial charge is 1.00 e. The Morgan fingerprint density at radius 1 is 0.920 bits per heavy atom. The molecule has 0 spiro atoms. The van der Waals surface area contributed by atoms with E-state index in [1.165, 1.54) is 49.9 Å². The molecule has 0 unspecified atom stereocenters. The molecule has 0 fully saturated rings. The van der Waals surface area contributed by atoms with Gasteiger partial charge in [0.25, 0.3) is 0 Å². The van der Waals surface area contributed by atoms with Gasteiger partial charge in [-0.1, -0.05) is 50.8 Å². The van der Waals surface area contributed by atoms with E-state index in [4.69, 9.17) is 4.74 Å². The van der Waals surface area contributed by atoms with Crippen LogP contribution in [0.2, 0.25) is 0 Å². The molecule has 2 aromatic carbocycles. The number of hydrogen-bond donors (Lipinski definition) is 0. The summed E-state index contributed by atoms with van der Waals surface area (Å²) in [7, 11) is -4.43. The zero-order valence-electron chi connectivity index (χ0n) is 14.9. The maximum Gasteiger partial charge on any atom is 1.00 e. The molecule has 0 aliphatic rings. The van der Waals surface area contributed by atoms with Crippen molar-refractivity contribution in [2.75, 3.05) is 0 Å². The van der Waals surface area contributed by atoms with Crippen LogP contribution in [0.3, 0.4) is 0 Å². The summed E-state index contributed by atoms with van der Waals surface area (Å²) in [6, 6.07) is 13.4. The molecule has 0 saturated heterocycles. The third-order valence-corrected chi connectivity index (χ3v) is 4.71. The van der Waals surface area contributed by atoms with E-state index in [1.54, 1.807) is 0 Å². The van der Waals surface area contributed by atoms with E-state index in [0.717, 1.165) is 24.2 Å². The first-order valence-corrected chi connectivity index (χ1v) is 9.73. The summed E-state index contributed by atoms with van der Waals surface area (Å²) < 4.78 is 38.7. The van der Waals surface area contributed by atoms with E-state index in [2.05, 4.69) is 6.92 Å². The van der Waals surface area contributed by atoms with E-state index in [-0.39, 0.29) is 34.5 Å². The maximum atomic E-state index is 11.0. The van der Waals surface area contributed by atoms with Crippen molar-refractivity contribution in [3.05, 3.63) is 54.1 Å². The number of ether oxygens (including phenoxy) is 1. The molecule has 0 saturated carbocycles. The number of aryl methyl sites for hydroxylation is 1. The first kappa shape index (κ1) is 22.2. The molecule has 2 aromatic rings. The SMILES string of the molecule is CCCCCCCc1ccccc1Oc1ccc(S(=O)(=O)[O-])cc1.[Na+]. The maximum absolute atomic E-state index is 11.0. The van der Waals surface area contributed by atoms with E-state index >= 15 is 0 Å². The molecule has 25 heavy (non-hydrogen) atoms. The van der Waals surface area contributed by atoms with Crippen LogP contribution in [0.5, 0.6) is 11.5 Å². The Balaban J connectivity index is 0.00000312. The molecule has 0 heterocycles. The molecular weight excluding hydrogens is 347 g/mol. The van der Waals surface area contributed by atoms with Gasteiger partial charge in [0.1, 0.15) is 21.6 Å². The third-order valence-electron chi connectivity index (χ3n) is 3.86. The zero-order valence-corrected chi connectivity index (χ0v) is 17.7. The predicted molar refractivity (Wildman–Crippen MR) is 93.4 cm³/mol.